The minimum Gasteiger partial charge on any atom is -0.454 e. The van der Waals surface area contributed by atoms with E-state index in [1.165, 1.54) is 4.90 Å². The lowest BCUT2D eigenvalue weighted by molar-refractivity contribution is -0.145. The minimum atomic E-state index is -1.40. The number of para-hydroxylation sites is 1. The summed E-state index contributed by atoms with van der Waals surface area (Å²) in [6.45, 7) is 8.30. The number of carbonyl (C=O) groups is 2. The van der Waals surface area contributed by atoms with Gasteiger partial charge in [0.2, 0.25) is 5.60 Å². The Kier molecular flexibility index (Phi) is 4.14. The van der Waals surface area contributed by atoms with Gasteiger partial charge in [-0.25, -0.2) is 4.99 Å². The number of hydrogen-bond acceptors (Lipinski definition) is 4. The number of rotatable bonds is 2. The van der Waals surface area contributed by atoms with Crippen LogP contribution in [0.2, 0.25) is 0 Å². The van der Waals surface area contributed by atoms with E-state index < -0.39 is 11.0 Å². The molecule has 2 heterocycles. The van der Waals surface area contributed by atoms with Crippen LogP contribution < -0.4 is 0 Å². The molecule has 0 radical (unpaired) electrons. The van der Waals surface area contributed by atoms with Gasteiger partial charge >= 0.3 is 0 Å². The van der Waals surface area contributed by atoms with Crippen LogP contribution in [0.4, 0.5) is 5.69 Å². The number of amides is 2. The standard InChI is InChI=1S/C23H24N2O3/c1-5-14-25-19(26)15-10-6-7-11-16(15)23(21(25)27)17-12-8-9-13-18(17)24-20(28-23)22(2,3)4/h6-13H,5,14H2,1-4H3. The lowest BCUT2D eigenvalue weighted by Crippen LogP contribution is -2.58. The van der Waals surface area contributed by atoms with E-state index in [0.717, 1.165) is 0 Å². The molecule has 0 N–H and O–H groups in total. The monoisotopic (exact) mass is 376 g/mol. The number of fused-ring (bicyclic) bond motifs is 4. The first-order chi connectivity index (χ1) is 13.3. The largest absolute Gasteiger partial charge is 0.454 e. The lowest BCUT2D eigenvalue weighted by atomic mass is 9.77. The second-order valence-corrected chi connectivity index (χ2v) is 8.27. The number of benzene rings is 2. The van der Waals surface area contributed by atoms with E-state index >= 15 is 0 Å². The van der Waals surface area contributed by atoms with Crippen molar-refractivity contribution >= 4 is 23.4 Å². The molecule has 0 aromatic heterocycles. The predicted octanol–water partition coefficient (Wildman–Crippen LogP) is 4.43. The van der Waals surface area contributed by atoms with Gasteiger partial charge in [0.05, 0.1) is 5.69 Å². The van der Waals surface area contributed by atoms with Crippen molar-refractivity contribution in [3.05, 3.63) is 65.2 Å². The van der Waals surface area contributed by atoms with Gasteiger partial charge in [-0.15, -0.1) is 0 Å². The molecule has 5 heteroatoms. The van der Waals surface area contributed by atoms with E-state index in [1.807, 2.05) is 70.2 Å². The van der Waals surface area contributed by atoms with Gasteiger partial charge in [0.25, 0.3) is 11.8 Å². The zero-order chi connectivity index (χ0) is 20.1. The Bertz CT molecular complexity index is 1000. The number of carbonyl (C=O) groups excluding carboxylic acids is 2. The van der Waals surface area contributed by atoms with Gasteiger partial charge in [-0.05, 0) is 18.6 Å². The van der Waals surface area contributed by atoms with Crippen LogP contribution in [-0.2, 0) is 15.1 Å². The molecule has 1 unspecified atom stereocenters. The van der Waals surface area contributed by atoms with Crippen molar-refractivity contribution in [2.45, 2.75) is 39.7 Å². The van der Waals surface area contributed by atoms with Crippen molar-refractivity contribution in [2.24, 2.45) is 10.4 Å². The van der Waals surface area contributed by atoms with Crippen molar-refractivity contribution in [3.63, 3.8) is 0 Å². The quantitative estimate of drug-likeness (QED) is 0.729. The molecular weight excluding hydrogens is 352 g/mol. The number of hydrogen-bond donors (Lipinski definition) is 0. The molecule has 0 saturated heterocycles. The highest BCUT2D eigenvalue weighted by Gasteiger charge is 2.57. The normalized spacial score (nSPS) is 21.1. The van der Waals surface area contributed by atoms with Crippen LogP contribution in [0.5, 0.6) is 0 Å². The molecule has 1 spiro atoms. The third-order valence-corrected chi connectivity index (χ3v) is 5.17. The number of aliphatic imine (C=N–C) groups is 1. The highest BCUT2D eigenvalue weighted by Crippen LogP contribution is 2.49. The molecule has 0 bridgehead atoms. The van der Waals surface area contributed by atoms with Gasteiger partial charge in [0.15, 0.2) is 5.90 Å². The molecule has 4 rings (SSSR count). The molecule has 2 aliphatic rings. The zero-order valence-corrected chi connectivity index (χ0v) is 16.7. The fraction of sp³-hybridized carbons (Fsp3) is 0.348. The van der Waals surface area contributed by atoms with E-state index in [1.54, 1.807) is 6.07 Å². The summed E-state index contributed by atoms with van der Waals surface area (Å²) in [7, 11) is 0. The number of ether oxygens (including phenoxy) is 1. The van der Waals surface area contributed by atoms with E-state index in [4.69, 9.17) is 9.73 Å². The Morgan fingerprint density at radius 1 is 1.00 bits per heavy atom. The van der Waals surface area contributed by atoms with Gasteiger partial charge in [-0.3, -0.25) is 14.5 Å². The molecule has 2 amide bonds. The summed E-state index contributed by atoms with van der Waals surface area (Å²) in [5.41, 5.74) is 0.664. The summed E-state index contributed by atoms with van der Waals surface area (Å²) in [4.78, 5) is 32.9. The van der Waals surface area contributed by atoms with E-state index in [-0.39, 0.29) is 11.8 Å². The Hall–Kier alpha value is -2.95. The van der Waals surface area contributed by atoms with E-state index in [2.05, 4.69) is 0 Å². The van der Waals surface area contributed by atoms with Crippen LogP contribution in [0, 0.1) is 5.41 Å². The second kappa shape index (κ2) is 6.30. The maximum atomic E-state index is 13.8. The molecule has 28 heavy (non-hydrogen) atoms. The third kappa shape index (κ3) is 2.49. The fourth-order valence-corrected chi connectivity index (χ4v) is 3.83. The molecule has 0 aliphatic carbocycles. The van der Waals surface area contributed by atoms with Crippen molar-refractivity contribution < 1.29 is 14.3 Å². The topological polar surface area (TPSA) is 59.0 Å². The first-order valence-corrected chi connectivity index (χ1v) is 9.64. The van der Waals surface area contributed by atoms with Crippen molar-refractivity contribution in [2.75, 3.05) is 6.54 Å². The van der Waals surface area contributed by atoms with Crippen LogP contribution in [0.25, 0.3) is 0 Å². The Morgan fingerprint density at radius 3 is 2.32 bits per heavy atom. The van der Waals surface area contributed by atoms with E-state index in [9.17, 15) is 9.59 Å². The van der Waals surface area contributed by atoms with Crippen LogP contribution >= 0.6 is 0 Å². The molecule has 0 saturated carbocycles. The van der Waals surface area contributed by atoms with Gasteiger partial charge in [-0.2, -0.15) is 0 Å². The van der Waals surface area contributed by atoms with Crippen LogP contribution in [0.1, 0.15) is 55.6 Å². The summed E-state index contributed by atoms with van der Waals surface area (Å²) >= 11 is 0. The summed E-state index contributed by atoms with van der Waals surface area (Å²) in [5, 5.41) is 0. The van der Waals surface area contributed by atoms with Crippen molar-refractivity contribution in [1.82, 2.24) is 4.90 Å². The maximum absolute atomic E-state index is 13.8. The van der Waals surface area contributed by atoms with Gasteiger partial charge in [0, 0.05) is 28.7 Å². The number of nitrogens with zero attached hydrogens (tertiary/aromatic N) is 2. The SMILES string of the molecule is CCCN1C(=O)c2ccccc2C2(OC(C(C)(C)C)=Nc3ccccc32)C1=O. The lowest BCUT2D eigenvalue weighted by Gasteiger charge is -2.45. The zero-order valence-electron chi connectivity index (χ0n) is 16.7. The molecular formula is C23H24N2O3. The van der Waals surface area contributed by atoms with Crippen molar-refractivity contribution in [1.29, 1.82) is 0 Å². The van der Waals surface area contributed by atoms with Crippen LogP contribution in [0.3, 0.4) is 0 Å². The highest BCUT2D eigenvalue weighted by atomic mass is 16.5. The van der Waals surface area contributed by atoms with Gasteiger partial charge < -0.3 is 4.74 Å². The molecule has 2 aromatic carbocycles. The van der Waals surface area contributed by atoms with E-state index in [0.29, 0.717) is 41.2 Å². The highest BCUT2D eigenvalue weighted by molar-refractivity contribution is 6.15. The Labute approximate surface area is 165 Å². The molecule has 2 aliphatic heterocycles. The summed E-state index contributed by atoms with van der Waals surface area (Å²) in [6, 6.07) is 14.8. The summed E-state index contributed by atoms with van der Waals surface area (Å²) < 4.78 is 6.48. The second-order valence-electron chi connectivity index (χ2n) is 8.27. The Balaban J connectivity index is 2.06. The molecule has 144 valence electrons. The average molecular weight is 376 g/mol. The van der Waals surface area contributed by atoms with Gasteiger partial charge in [-0.1, -0.05) is 64.1 Å². The predicted molar refractivity (Wildman–Crippen MR) is 108 cm³/mol. The first kappa shape index (κ1) is 18.4. The number of imide groups is 1. The molecule has 2 aromatic rings. The smallest absolute Gasteiger partial charge is 0.283 e. The molecule has 5 nitrogen and oxygen atoms in total. The van der Waals surface area contributed by atoms with Gasteiger partial charge in [0.1, 0.15) is 0 Å². The molecule has 1 atom stereocenters. The summed E-state index contributed by atoms with van der Waals surface area (Å²) in [6.07, 6.45) is 0.678. The van der Waals surface area contributed by atoms with Crippen LogP contribution in [-0.4, -0.2) is 29.2 Å². The minimum absolute atomic E-state index is 0.269. The fourth-order valence-electron chi connectivity index (χ4n) is 3.83. The summed E-state index contributed by atoms with van der Waals surface area (Å²) in [5.74, 6) is -0.128. The average Bonchev–Trinajstić information content (AvgIpc) is 2.68. The Morgan fingerprint density at radius 2 is 1.64 bits per heavy atom. The molecule has 0 fully saturated rings. The van der Waals surface area contributed by atoms with Crippen LogP contribution in [0.15, 0.2) is 53.5 Å². The first-order valence-electron chi connectivity index (χ1n) is 9.64. The third-order valence-electron chi connectivity index (χ3n) is 5.17. The maximum Gasteiger partial charge on any atom is 0.283 e. The van der Waals surface area contributed by atoms with Crippen molar-refractivity contribution in [3.8, 4) is 0 Å².